The average molecular weight is 376 g/mol. The Morgan fingerprint density at radius 2 is 2.08 bits per heavy atom. The highest BCUT2D eigenvalue weighted by Gasteiger charge is 2.13. The summed E-state index contributed by atoms with van der Waals surface area (Å²) in [6.07, 6.45) is 1.28. The Hall–Kier alpha value is -2.97. The van der Waals surface area contributed by atoms with Crippen LogP contribution in [0.5, 0.6) is 5.75 Å². The van der Waals surface area contributed by atoms with Gasteiger partial charge in [-0.05, 0) is 30.3 Å². The number of hydrogen-bond donors (Lipinski definition) is 2. The van der Waals surface area contributed by atoms with E-state index in [0.29, 0.717) is 20.8 Å². The molecule has 1 aromatic heterocycles. The molecule has 0 spiro atoms. The van der Waals surface area contributed by atoms with Gasteiger partial charge >= 0.3 is 0 Å². The van der Waals surface area contributed by atoms with Crippen molar-refractivity contribution in [1.82, 2.24) is 5.43 Å². The first-order valence-corrected chi connectivity index (χ1v) is 8.13. The van der Waals surface area contributed by atoms with Crippen molar-refractivity contribution in [2.45, 2.75) is 0 Å². The van der Waals surface area contributed by atoms with Crippen molar-refractivity contribution in [1.29, 1.82) is 0 Å². The molecule has 2 aromatic carbocycles. The molecule has 9 heteroatoms. The quantitative estimate of drug-likeness (QED) is 0.409. The molecule has 0 aliphatic heterocycles. The zero-order chi connectivity index (χ0) is 18.0. The lowest BCUT2D eigenvalue weighted by Gasteiger charge is -1.99. The van der Waals surface area contributed by atoms with E-state index in [0.717, 1.165) is 4.70 Å². The molecule has 0 aliphatic carbocycles. The van der Waals surface area contributed by atoms with Gasteiger partial charge in [0.25, 0.3) is 11.6 Å². The Labute approximate surface area is 150 Å². The van der Waals surface area contributed by atoms with E-state index in [1.54, 1.807) is 12.1 Å². The third kappa shape index (κ3) is 3.76. The number of nitrogens with one attached hydrogen (secondary N) is 1. The molecular formula is C16H10ClN3O4S. The number of rotatable bonds is 4. The van der Waals surface area contributed by atoms with Crippen LogP contribution in [0, 0.1) is 10.1 Å². The molecule has 0 saturated heterocycles. The Morgan fingerprint density at radius 1 is 1.28 bits per heavy atom. The molecule has 25 heavy (non-hydrogen) atoms. The molecule has 0 radical (unpaired) electrons. The summed E-state index contributed by atoms with van der Waals surface area (Å²) >= 11 is 7.03. The SMILES string of the molecule is O=C(NN=Cc1cc(Cl)ccc1O)c1cc2cc([N+](=O)[O-])ccc2s1. The Morgan fingerprint density at radius 3 is 2.84 bits per heavy atom. The van der Waals surface area contributed by atoms with Gasteiger partial charge in [0.2, 0.25) is 0 Å². The molecule has 1 amide bonds. The zero-order valence-corrected chi connectivity index (χ0v) is 14.0. The second kappa shape index (κ2) is 6.88. The Kier molecular flexibility index (Phi) is 4.64. The molecule has 3 rings (SSSR count). The monoisotopic (exact) mass is 375 g/mol. The number of fused-ring (bicyclic) bond motifs is 1. The van der Waals surface area contributed by atoms with Crippen LogP contribution in [-0.2, 0) is 0 Å². The standard InChI is InChI=1S/C16H10ClN3O4S/c17-11-1-3-13(21)10(5-11)8-18-19-16(22)15-7-9-6-12(20(23)24)2-4-14(9)25-15/h1-8,21H,(H,19,22). The van der Waals surface area contributed by atoms with Gasteiger partial charge in [-0.1, -0.05) is 11.6 Å². The highest BCUT2D eigenvalue weighted by atomic mass is 35.5. The highest BCUT2D eigenvalue weighted by Crippen LogP contribution is 2.28. The van der Waals surface area contributed by atoms with E-state index in [2.05, 4.69) is 10.5 Å². The second-order valence-corrected chi connectivity index (χ2v) is 6.51. The Balaban J connectivity index is 1.77. The van der Waals surface area contributed by atoms with Gasteiger partial charge in [-0.25, -0.2) is 5.43 Å². The molecule has 3 aromatic rings. The first kappa shape index (κ1) is 16.9. The number of hydrazone groups is 1. The minimum Gasteiger partial charge on any atom is -0.507 e. The maximum absolute atomic E-state index is 12.1. The second-order valence-electron chi connectivity index (χ2n) is 4.99. The lowest BCUT2D eigenvalue weighted by Crippen LogP contribution is -2.16. The number of thiophene rings is 1. The van der Waals surface area contributed by atoms with Crippen LogP contribution in [0.3, 0.4) is 0 Å². The van der Waals surface area contributed by atoms with Crippen LogP contribution in [0.1, 0.15) is 15.2 Å². The molecule has 0 unspecified atom stereocenters. The number of phenolic OH excluding ortho intramolecular Hbond substituents is 1. The van der Waals surface area contributed by atoms with Crippen molar-refractivity contribution < 1.29 is 14.8 Å². The fraction of sp³-hybridized carbons (Fsp3) is 0. The zero-order valence-electron chi connectivity index (χ0n) is 12.5. The van der Waals surface area contributed by atoms with Crippen molar-refractivity contribution in [3.63, 3.8) is 0 Å². The largest absolute Gasteiger partial charge is 0.507 e. The number of aromatic hydroxyl groups is 1. The van der Waals surface area contributed by atoms with Crippen LogP contribution < -0.4 is 5.43 Å². The summed E-state index contributed by atoms with van der Waals surface area (Å²) in [7, 11) is 0. The molecule has 0 aliphatic rings. The number of amides is 1. The number of non-ortho nitro benzene ring substituents is 1. The molecule has 0 atom stereocenters. The van der Waals surface area contributed by atoms with E-state index in [9.17, 15) is 20.0 Å². The van der Waals surface area contributed by atoms with E-state index in [1.807, 2.05) is 0 Å². The molecule has 7 nitrogen and oxygen atoms in total. The number of phenols is 1. The van der Waals surface area contributed by atoms with E-state index in [1.165, 1.54) is 47.9 Å². The van der Waals surface area contributed by atoms with Gasteiger partial charge in [-0.3, -0.25) is 14.9 Å². The maximum atomic E-state index is 12.1. The van der Waals surface area contributed by atoms with Gasteiger partial charge < -0.3 is 5.11 Å². The van der Waals surface area contributed by atoms with Crippen LogP contribution in [0.4, 0.5) is 5.69 Å². The smallest absolute Gasteiger partial charge is 0.281 e. The highest BCUT2D eigenvalue weighted by molar-refractivity contribution is 7.20. The first-order chi connectivity index (χ1) is 11.9. The number of halogens is 1. The van der Waals surface area contributed by atoms with E-state index < -0.39 is 10.8 Å². The van der Waals surface area contributed by atoms with Crippen molar-refractivity contribution in [3.8, 4) is 5.75 Å². The van der Waals surface area contributed by atoms with Crippen molar-refractivity contribution in [3.05, 3.63) is 68.0 Å². The van der Waals surface area contributed by atoms with Gasteiger partial charge in [0.05, 0.1) is 16.0 Å². The molecule has 0 bridgehead atoms. The van der Waals surface area contributed by atoms with Gasteiger partial charge in [0, 0.05) is 32.8 Å². The Bertz CT molecular complexity index is 1020. The topological polar surface area (TPSA) is 105 Å². The summed E-state index contributed by atoms with van der Waals surface area (Å²) in [5.41, 5.74) is 2.67. The van der Waals surface area contributed by atoms with Crippen molar-refractivity contribution >= 4 is 50.8 Å². The molecule has 0 fully saturated rings. The third-order valence-corrected chi connectivity index (χ3v) is 4.64. The summed E-state index contributed by atoms with van der Waals surface area (Å²) in [5.74, 6) is -0.474. The minimum absolute atomic E-state index is 0.0171. The number of nitro benzene ring substituents is 1. The van der Waals surface area contributed by atoms with Crippen LogP contribution in [0.25, 0.3) is 10.1 Å². The number of nitrogens with zero attached hydrogens (tertiary/aromatic N) is 2. The van der Waals surface area contributed by atoms with Crippen LogP contribution in [-0.4, -0.2) is 22.2 Å². The van der Waals surface area contributed by atoms with Crippen LogP contribution in [0.2, 0.25) is 5.02 Å². The van der Waals surface area contributed by atoms with Crippen molar-refractivity contribution in [2.24, 2.45) is 5.10 Å². The van der Waals surface area contributed by atoms with Gasteiger partial charge in [0.15, 0.2) is 0 Å². The predicted octanol–water partition coefficient (Wildman–Crippen LogP) is 3.93. The summed E-state index contributed by atoms with van der Waals surface area (Å²) < 4.78 is 0.757. The van der Waals surface area contributed by atoms with Gasteiger partial charge in [0.1, 0.15) is 5.75 Å². The first-order valence-electron chi connectivity index (χ1n) is 6.94. The number of carbonyl (C=O) groups is 1. The fourth-order valence-electron chi connectivity index (χ4n) is 2.10. The normalized spacial score (nSPS) is 11.1. The van der Waals surface area contributed by atoms with E-state index >= 15 is 0 Å². The summed E-state index contributed by atoms with van der Waals surface area (Å²) in [4.78, 5) is 22.8. The average Bonchev–Trinajstić information content (AvgIpc) is 3.01. The fourth-order valence-corrected chi connectivity index (χ4v) is 3.21. The lowest BCUT2D eigenvalue weighted by molar-refractivity contribution is -0.384. The summed E-state index contributed by atoms with van der Waals surface area (Å²) in [6.45, 7) is 0. The van der Waals surface area contributed by atoms with E-state index in [4.69, 9.17) is 11.6 Å². The molecule has 126 valence electrons. The number of benzene rings is 2. The molecular weight excluding hydrogens is 366 g/mol. The van der Waals surface area contributed by atoms with E-state index in [-0.39, 0.29) is 11.4 Å². The number of hydrogen-bond acceptors (Lipinski definition) is 6. The summed E-state index contributed by atoms with van der Waals surface area (Å²) in [5, 5.41) is 25.3. The molecule has 0 saturated carbocycles. The third-order valence-electron chi connectivity index (χ3n) is 3.29. The van der Waals surface area contributed by atoms with Gasteiger partial charge in [-0.15, -0.1) is 11.3 Å². The van der Waals surface area contributed by atoms with Crippen LogP contribution in [0.15, 0.2) is 47.6 Å². The minimum atomic E-state index is -0.487. The van der Waals surface area contributed by atoms with Gasteiger partial charge in [-0.2, -0.15) is 5.10 Å². The maximum Gasteiger partial charge on any atom is 0.281 e. The summed E-state index contributed by atoms with van der Waals surface area (Å²) in [6, 6.07) is 10.4. The van der Waals surface area contributed by atoms with Crippen LogP contribution >= 0.6 is 22.9 Å². The lowest BCUT2D eigenvalue weighted by atomic mass is 10.2. The predicted molar refractivity (Wildman–Crippen MR) is 96.7 cm³/mol. The molecule has 1 heterocycles. The van der Waals surface area contributed by atoms with Crippen molar-refractivity contribution in [2.75, 3.05) is 0 Å². The molecule has 2 N–H and O–H groups in total. The number of carbonyl (C=O) groups excluding carboxylic acids is 1. The number of nitro groups is 1.